The van der Waals surface area contributed by atoms with E-state index in [1.165, 1.54) is 6.07 Å². The Kier molecular flexibility index (Phi) is 2.41. The van der Waals surface area contributed by atoms with Gasteiger partial charge >= 0.3 is 0 Å². The van der Waals surface area contributed by atoms with Crippen molar-refractivity contribution in [1.29, 1.82) is 0 Å². The predicted molar refractivity (Wildman–Crippen MR) is 56.9 cm³/mol. The molecule has 0 aliphatic carbocycles. The van der Waals surface area contributed by atoms with Crippen molar-refractivity contribution in [2.45, 2.75) is 13.3 Å². The number of nitrogens with zero attached hydrogens (tertiary/aromatic N) is 1. The van der Waals surface area contributed by atoms with Crippen molar-refractivity contribution in [2.75, 3.05) is 5.73 Å². The molecule has 0 atom stereocenters. The van der Waals surface area contributed by atoms with E-state index in [-0.39, 0.29) is 5.82 Å². The number of aromatic amines is 1. The summed E-state index contributed by atoms with van der Waals surface area (Å²) in [5.74, 6) is 0.299. The van der Waals surface area contributed by atoms with Crippen molar-refractivity contribution in [2.24, 2.45) is 0 Å². The van der Waals surface area contributed by atoms with Crippen LogP contribution in [0, 0.1) is 12.7 Å². The highest BCUT2D eigenvalue weighted by Crippen LogP contribution is 2.19. The largest absolute Gasteiger partial charge is 0.384 e. The van der Waals surface area contributed by atoms with Crippen LogP contribution < -0.4 is 5.73 Å². The molecular formula is C11H12FN3. The standard InChI is InChI=1S/C11H12FN3/c1-7-9(11(13)15-14-7)6-8-4-2-3-5-10(8)12/h2-5H,6H2,1H3,(H3,13,14,15). The number of hydrogen-bond acceptors (Lipinski definition) is 2. The van der Waals surface area contributed by atoms with Gasteiger partial charge in [-0.2, -0.15) is 5.10 Å². The molecule has 0 radical (unpaired) electrons. The molecule has 1 aromatic heterocycles. The SMILES string of the molecule is Cc1n[nH]c(N)c1Cc1ccccc1F. The Balaban J connectivity index is 2.34. The minimum absolute atomic E-state index is 0.211. The zero-order valence-electron chi connectivity index (χ0n) is 8.42. The van der Waals surface area contributed by atoms with Crippen LogP contribution in [0.15, 0.2) is 24.3 Å². The lowest BCUT2D eigenvalue weighted by Crippen LogP contribution is -1.97. The fourth-order valence-corrected chi connectivity index (χ4v) is 1.53. The fourth-order valence-electron chi connectivity index (χ4n) is 1.53. The third-order valence-corrected chi connectivity index (χ3v) is 2.43. The number of aryl methyl sites for hydroxylation is 1. The van der Waals surface area contributed by atoms with Crippen LogP contribution >= 0.6 is 0 Å². The average Bonchev–Trinajstić information content (AvgIpc) is 2.53. The van der Waals surface area contributed by atoms with Gasteiger partial charge in [0.25, 0.3) is 0 Å². The van der Waals surface area contributed by atoms with E-state index in [4.69, 9.17) is 5.73 Å². The summed E-state index contributed by atoms with van der Waals surface area (Å²) in [6, 6.07) is 6.68. The van der Waals surface area contributed by atoms with Crippen molar-refractivity contribution in [3.8, 4) is 0 Å². The monoisotopic (exact) mass is 205 g/mol. The lowest BCUT2D eigenvalue weighted by molar-refractivity contribution is 0.614. The molecule has 1 aromatic carbocycles. The van der Waals surface area contributed by atoms with Crippen LogP contribution in [0.3, 0.4) is 0 Å². The van der Waals surface area contributed by atoms with Gasteiger partial charge in [-0.05, 0) is 18.6 Å². The third-order valence-electron chi connectivity index (χ3n) is 2.43. The first-order valence-electron chi connectivity index (χ1n) is 4.71. The lowest BCUT2D eigenvalue weighted by Gasteiger charge is -2.02. The molecule has 0 fully saturated rings. The molecular weight excluding hydrogens is 193 g/mol. The minimum Gasteiger partial charge on any atom is -0.384 e. The van der Waals surface area contributed by atoms with Gasteiger partial charge in [0.1, 0.15) is 11.6 Å². The number of halogens is 1. The van der Waals surface area contributed by atoms with Crippen molar-refractivity contribution in [1.82, 2.24) is 10.2 Å². The number of benzene rings is 1. The van der Waals surface area contributed by atoms with Gasteiger partial charge in [0.2, 0.25) is 0 Å². The van der Waals surface area contributed by atoms with Gasteiger partial charge in [0.05, 0.1) is 5.69 Å². The van der Waals surface area contributed by atoms with Crippen molar-refractivity contribution in [3.63, 3.8) is 0 Å². The number of H-pyrrole nitrogens is 1. The molecule has 2 aromatic rings. The number of rotatable bonds is 2. The number of nitrogens with one attached hydrogen (secondary N) is 1. The van der Waals surface area contributed by atoms with Gasteiger partial charge in [0.15, 0.2) is 0 Å². The molecule has 3 N–H and O–H groups in total. The number of hydrogen-bond donors (Lipinski definition) is 2. The summed E-state index contributed by atoms with van der Waals surface area (Å²) in [7, 11) is 0. The first kappa shape index (κ1) is 9.71. The maximum Gasteiger partial charge on any atom is 0.126 e. The quantitative estimate of drug-likeness (QED) is 0.788. The smallest absolute Gasteiger partial charge is 0.126 e. The molecule has 0 aliphatic rings. The van der Waals surface area contributed by atoms with E-state index in [1.807, 2.05) is 13.0 Å². The van der Waals surface area contributed by atoms with Crippen LogP contribution in [0.1, 0.15) is 16.8 Å². The van der Waals surface area contributed by atoms with Gasteiger partial charge in [-0.1, -0.05) is 18.2 Å². The second-order valence-corrected chi connectivity index (χ2v) is 3.47. The highest BCUT2D eigenvalue weighted by molar-refractivity contribution is 5.44. The number of anilines is 1. The summed E-state index contributed by atoms with van der Waals surface area (Å²) >= 11 is 0. The van der Waals surface area contributed by atoms with E-state index in [9.17, 15) is 4.39 Å². The molecule has 0 unspecified atom stereocenters. The molecule has 15 heavy (non-hydrogen) atoms. The van der Waals surface area contributed by atoms with Crippen molar-refractivity contribution >= 4 is 5.82 Å². The highest BCUT2D eigenvalue weighted by atomic mass is 19.1. The summed E-state index contributed by atoms with van der Waals surface area (Å²) in [5.41, 5.74) is 8.01. The van der Waals surface area contributed by atoms with E-state index < -0.39 is 0 Å². The van der Waals surface area contributed by atoms with Gasteiger partial charge < -0.3 is 5.73 Å². The fraction of sp³-hybridized carbons (Fsp3) is 0.182. The maximum absolute atomic E-state index is 13.4. The lowest BCUT2D eigenvalue weighted by atomic mass is 10.0. The molecule has 3 nitrogen and oxygen atoms in total. The number of aromatic nitrogens is 2. The molecule has 0 amide bonds. The third kappa shape index (κ3) is 1.83. The van der Waals surface area contributed by atoms with Gasteiger partial charge in [-0.15, -0.1) is 0 Å². The van der Waals surface area contributed by atoms with Crippen LogP contribution in [-0.4, -0.2) is 10.2 Å². The molecule has 2 rings (SSSR count). The maximum atomic E-state index is 13.4. The molecule has 1 heterocycles. The van der Waals surface area contributed by atoms with E-state index in [2.05, 4.69) is 10.2 Å². The Morgan fingerprint density at radius 3 is 2.73 bits per heavy atom. The number of nitrogen functional groups attached to an aromatic ring is 1. The summed E-state index contributed by atoms with van der Waals surface area (Å²) in [6.07, 6.45) is 0.473. The van der Waals surface area contributed by atoms with E-state index in [0.717, 1.165) is 11.3 Å². The Hall–Kier alpha value is -1.84. The van der Waals surface area contributed by atoms with Crippen molar-refractivity contribution in [3.05, 3.63) is 46.9 Å². The topological polar surface area (TPSA) is 54.7 Å². The minimum atomic E-state index is -0.211. The molecule has 0 spiro atoms. The van der Waals surface area contributed by atoms with Crippen LogP contribution in [0.25, 0.3) is 0 Å². The van der Waals surface area contributed by atoms with Gasteiger partial charge in [0, 0.05) is 12.0 Å². The van der Waals surface area contributed by atoms with Crippen LogP contribution in [0.2, 0.25) is 0 Å². The van der Waals surface area contributed by atoms with Gasteiger partial charge in [-0.25, -0.2) is 4.39 Å². The zero-order chi connectivity index (χ0) is 10.8. The first-order chi connectivity index (χ1) is 7.18. The molecule has 0 saturated carbocycles. The molecule has 0 bridgehead atoms. The van der Waals surface area contributed by atoms with Crippen LogP contribution in [0.4, 0.5) is 10.2 Å². The average molecular weight is 205 g/mol. The summed E-state index contributed by atoms with van der Waals surface area (Å²) in [4.78, 5) is 0. The van der Waals surface area contributed by atoms with Gasteiger partial charge in [-0.3, -0.25) is 5.10 Å². The zero-order valence-corrected chi connectivity index (χ0v) is 8.42. The second kappa shape index (κ2) is 3.73. The Morgan fingerprint density at radius 2 is 2.13 bits per heavy atom. The molecule has 4 heteroatoms. The Morgan fingerprint density at radius 1 is 1.40 bits per heavy atom. The first-order valence-corrected chi connectivity index (χ1v) is 4.71. The number of nitrogens with two attached hydrogens (primary N) is 1. The highest BCUT2D eigenvalue weighted by Gasteiger charge is 2.10. The Bertz CT molecular complexity index is 457. The van der Waals surface area contributed by atoms with Crippen LogP contribution in [-0.2, 0) is 6.42 Å². The van der Waals surface area contributed by atoms with Crippen LogP contribution in [0.5, 0.6) is 0 Å². The molecule has 0 aliphatic heterocycles. The molecule has 78 valence electrons. The summed E-state index contributed by atoms with van der Waals surface area (Å²) in [5, 5.41) is 6.65. The normalized spacial score (nSPS) is 10.5. The summed E-state index contributed by atoms with van der Waals surface area (Å²) in [6.45, 7) is 1.85. The predicted octanol–water partition coefficient (Wildman–Crippen LogP) is 2.03. The van der Waals surface area contributed by atoms with Crippen molar-refractivity contribution < 1.29 is 4.39 Å². The van der Waals surface area contributed by atoms with E-state index in [1.54, 1.807) is 12.1 Å². The molecule has 0 saturated heterocycles. The Labute approximate surface area is 87.1 Å². The second-order valence-electron chi connectivity index (χ2n) is 3.47. The van der Waals surface area contributed by atoms with E-state index in [0.29, 0.717) is 17.8 Å². The summed E-state index contributed by atoms with van der Waals surface area (Å²) < 4.78 is 13.4. The van der Waals surface area contributed by atoms with E-state index >= 15 is 0 Å².